The quantitative estimate of drug-likeness (QED) is 0.749. The number of nitrogens with zero attached hydrogens (tertiary/aromatic N) is 2. The minimum atomic E-state index is -0.871. The zero-order valence-corrected chi connectivity index (χ0v) is 8.14. The second kappa shape index (κ2) is 4.55. The molecule has 1 aromatic heterocycles. The number of carboxylic acid groups (broad SMARTS) is 1. The predicted molar refractivity (Wildman–Crippen MR) is 51.9 cm³/mol. The zero-order chi connectivity index (χ0) is 10.6. The van der Waals surface area contributed by atoms with Crippen molar-refractivity contribution in [3.8, 4) is 0 Å². The van der Waals surface area contributed by atoms with Crippen LogP contribution in [0.1, 0.15) is 13.8 Å². The third-order valence-corrected chi connectivity index (χ3v) is 1.82. The molecule has 0 amide bonds. The molecule has 76 valence electrons. The van der Waals surface area contributed by atoms with Crippen LogP contribution in [0, 0.1) is 5.92 Å². The Kier molecular flexibility index (Phi) is 3.39. The summed E-state index contributed by atoms with van der Waals surface area (Å²) in [6.07, 6.45) is 4.49. The molecule has 0 saturated carbocycles. The first-order valence-corrected chi connectivity index (χ1v) is 4.35. The topological polar surface area (TPSA) is 75.1 Å². The average Bonchev–Trinajstić information content (AvgIpc) is 2.15. The molecule has 0 aliphatic rings. The molecule has 1 atom stereocenters. The molecule has 1 aromatic rings. The number of hydrogen-bond donors (Lipinski definition) is 2. The predicted octanol–water partition coefficient (Wildman–Crippen LogP) is 0.998. The maximum absolute atomic E-state index is 10.8. The Balaban J connectivity index is 2.70. The molecule has 2 N–H and O–H groups in total. The lowest BCUT2D eigenvalue weighted by Gasteiger charge is -2.18. The molecule has 0 aliphatic heterocycles. The van der Waals surface area contributed by atoms with Crippen molar-refractivity contribution in [2.45, 2.75) is 19.9 Å². The second-order valence-corrected chi connectivity index (χ2v) is 3.33. The minimum absolute atomic E-state index is 0.00714. The Hall–Kier alpha value is -1.65. The highest BCUT2D eigenvalue weighted by Gasteiger charge is 2.20. The summed E-state index contributed by atoms with van der Waals surface area (Å²) in [4.78, 5) is 18.4. The largest absolute Gasteiger partial charge is 0.480 e. The van der Waals surface area contributed by atoms with Crippen LogP contribution < -0.4 is 5.32 Å². The van der Waals surface area contributed by atoms with Crippen molar-refractivity contribution in [2.75, 3.05) is 5.32 Å². The maximum Gasteiger partial charge on any atom is 0.326 e. The average molecular weight is 195 g/mol. The molecular formula is C9H13N3O2. The molecule has 5 heteroatoms. The number of anilines is 1. The number of carbonyl (C=O) groups is 1. The van der Waals surface area contributed by atoms with Crippen LogP contribution in [0.3, 0.4) is 0 Å². The Morgan fingerprint density at radius 1 is 1.43 bits per heavy atom. The van der Waals surface area contributed by atoms with Crippen LogP contribution in [0.15, 0.2) is 18.7 Å². The SMILES string of the molecule is CC(C)[C@H](Nc1cncnc1)C(=O)O. The molecule has 0 spiro atoms. The van der Waals surface area contributed by atoms with Gasteiger partial charge in [-0.2, -0.15) is 0 Å². The van der Waals surface area contributed by atoms with Crippen LogP contribution in [0.4, 0.5) is 5.69 Å². The standard InChI is InChI=1S/C9H13N3O2/c1-6(2)8(9(13)14)12-7-3-10-5-11-4-7/h3-6,8,12H,1-2H3,(H,13,14)/t8-/m0/s1. The van der Waals surface area contributed by atoms with Crippen molar-refractivity contribution >= 4 is 11.7 Å². The van der Waals surface area contributed by atoms with Crippen LogP contribution in [-0.4, -0.2) is 27.1 Å². The molecule has 0 saturated heterocycles. The van der Waals surface area contributed by atoms with E-state index in [2.05, 4.69) is 15.3 Å². The first kappa shape index (κ1) is 10.4. The molecule has 0 aliphatic carbocycles. The number of aliphatic carboxylic acids is 1. The smallest absolute Gasteiger partial charge is 0.326 e. The first-order valence-electron chi connectivity index (χ1n) is 4.35. The molecule has 5 nitrogen and oxygen atoms in total. The first-order chi connectivity index (χ1) is 6.61. The van der Waals surface area contributed by atoms with Crippen LogP contribution in [0.5, 0.6) is 0 Å². The van der Waals surface area contributed by atoms with Crippen molar-refractivity contribution in [3.05, 3.63) is 18.7 Å². The highest BCUT2D eigenvalue weighted by molar-refractivity contribution is 5.77. The van der Waals surface area contributed by atoms with Gasteiger partial charge in [0.2, 0.25) is 0 Å². The summed E-state index contributed by atoms with van der Waals surface area (Å²) in [5.74, 6) is -0.864. The van der Waals surface area contributed by atoms with E-state index < -0.39 is 12.0 Å². The fourth-order valence-corrected chi connectivity index (χ4v) is 1.07. The van der Waals surface area contributed by atoms with Gasteiger partial charge >= 0.3 is 5.97 Å². The fraction of sp³-hybridized carbons (Fsp3) is 0.444. The molecule has 0 fully saturated rings. The lowest BCUT2D eigenvalue weighted by molar-refractivity contribution is -0.138. The third-order valence-electron chi connectivity index (χ3n) is 1.82. The number of aromatic nitrogens is 2. The monoisotopic (exact) mass is 195 g/mol. The van der Waals surface area contributed by atoms with Gasteiger partial charge in [-0.3, -0.25) is 0 Å². The van der Waals surface area contributed by atoms with E-state index in [1.807, 2.05) is 13.8 Å². The Bertz CT molecular complexity index is 300. The molecule has 0 bridgehead atoms. The van der Waals surface area contributed by atoms with Crippen molar-refractivity contribution in [1.82, 2.24) is 9.97 Å². The number of nitrogens with one attached hydrogen (secondary N) is 1. The van der Waals surface area contributed by atoms with Gasteiger partial charge in [-0.05, 0) is 5.92 Å². The van der Waals surface area contributed by atoms with Gasteiger partial charge in [0.25, 0.3) is 0 Å². The Morgan fingerprint density at radius 2 is 2.00 bits per heavy atom. The van der Waals surface area contributed by atoms with E-state index in [1.165, 1.54) is 6.33 Å². The van der Waals surface area contributed by atoms with Crippen LogP contribution in [0.2, 0.25) is 0 Å². The third kappa shape index (κ3) is 2.69. The summed E-state index contributed by atoms with van der Waals surface area (Å²) in [7, 11) is 0. The van der Waals surface area contributed by atoms with E-state index >= 15 is 0 Å². The van der Waals surface area contributed by atoms with E-state index in [0.717, 1.165) is 0 Å². The summed E-state index contributed by atoms with van der Waals surface area (Å²) >= 11 is 0. The Labute approximate surface area is 82.2 Å². The minimum Gasteiger partial charge on any atom is -0.480 e. The van der Waals surface area contributed by atoms with E-state index in [-0.39, 0.29) is 5.92 Å². The lowest BCUT2D eigenvalue weighted by atomic mass is 10.0. The lowest BCUT2D eigenvalue weighted by Crippen LogP contribution is -2.34. The molecule has 1 heterocycles. The van der Waals surface area contributed by atoms with Crippen LogP contribution in [0.25, 0.3) is 0 Å². The fourth-order valence-electron chi connectivity index (χ4n) is 1.07. The highest BCUT2D eigenvalue weighted by atomic mass is 16.4. The second-order valence-electron chi connectivity index (χ2n) is 3.33. The zero-order valence-electron chi connectivity index (χ0n) is 8.14. The van der Waals surface area contributed by atoms with Gasteiger partial charge in [0.05, 0.1) is 18.1 Å². The number of carboxylic acids is 1. The van der Waals surface area contributed by atoms with Crippen molar-refractivity contribution in [3.63, 3.8) is 0 Å². The normalized spacial score (nSPS) is 12.5. The van der Waals surface area contributed by atoms with Gasteiger partial charge in [0.1, 0.15) is 12.4 Å². The van der Waals surface area contributed by atoms with Crippen molar-refractivity contribution < 1.29 is 9.90 Å². The van der Waals surface area contributed by atoms with E-state index in [0.29, 0.717) is 5.69 Å². The van der Waals surface area contributed by atoms with E-state index in [1.54, 1.807) is 12.4 Å². The summed E-state index contributed by atoms with van der Waals surface area (Å²) in [6, 6.07) is -0.610. The molecule has 14 heavy (non-hydrogen) atoms. The summed E-state index contributed by atoms with van der Waals surface area (Å²) in [6.45, 7) is 3.69. The van der Waals surface area contributed by atoms with Crippen LogP contribution >= 0.6 is 0 Å². The number of rotatable bonds is 4. The maximum atomic E-state index is 10.8. The molecule has 0 unspecified atom stereocenters. The molecule has 0 aromatic carbocycles. The van der Waals surface area contributed by atoms with E-state index in [4.69, 9.17) is 5.11 Å². The van der Waals surface area contributed by atoms with Crippen molar-refractivity contribution in [1.29, 1.82) is 0 Å². The highest BCUT2D eigenvalue weighted by Crippen LogP contribution is 2.10. The number of hydrogen-bond acceptors (Lipinski definition) is 4. The van der Waals surface area contributed by atoms with Gasteiger partial charge < -0.3 is 10.4 Å². The van der Waals surface area contributed by atoms with Gasteiger partial charge in [-0.1, -0.05) is 13.8 Å². The summed E-state index contributed by atoms with van der Waals surface area (Å²) in [5, 5.41) is 11.8. The van der Waals surface area contributed by atoms with Gasteiger partial charge in [-0.25, -0.2) is 14.8 Å². The summed E-state index contributed by atoms with van der Waals surface area (Å²) < 4.78 is 0. The Morgan fingerprint density at radius 3 is 2.43 bits per heavy atom. The van der Waals surface area contributed by atoms with Gasteiger partial charge in [-0.15, -0.1) is 0 Å². The van der Waals surface area contributed by atoms with Gasteiger partial charge in [0, 0.05) is 0 Å². The van der Waals surface area contributed by atoms with E-state index in [9.17, 15) is 4.79 Å². The summed E-state index contributed by atoms with van der Waals surface area (Å²) in [5.41, 5.74) is 0.619. The molecule has 1 rings (SSSR count). The van der Waals surface area contributed by atoms with Crippen molar-refractivity contribution in [2.24, 2.45) is 5.92 Å². The van der Waals surface area contributed by atoms with Crippen LogP contribution in [-0.2, 0) is 4.79 Å². The molecular weight excluding hydrogens is 182 g/mol. The molecule has 0 radical (unpaired) electrons. The van der Waals surface area contributed by atoms with Gasteiger partial charge in [0.15, 0.2) is 0 Å².